The highest BCUT2D eigenvalue weighted by atomic mass is 14.8. The van der Waals surface area contributed by atoms with E-state index in [2.05, 4.69) is 54.7 Å². The second-order valence-corrected chi connectivity index (χ2v) is 4.98. The molecule has 0 aromatic heterocycles. The van der Waals surface area contributed by atoms with Gasteiger partial charge in [0.2, 0.25) is 0 Å². The van der Waals surface area contributed by atoms with Crippen molar-refractivity contribution < 1.29 is 0 Å². The van der Waals surface area contributed by atoms with Gasteiger partial charge in [0, 0.05) is 12.6 Å². The van der Waals surface area contributed by atoms with E-state index >= 15 is 0 Å². The van der Waals surface area contributed by atoms with E-state index in [1.807, 2.05) is 0 Å². The Kier molecular flexibility index (Phi) is 4.73. The normalized spacial score (nSPS) is 12.8. The Balaban J connectivity index is 1.84. The second-order valence-electron chi connectivity index (χ2n) is 4.98. The molecule has 0 spiro atoms. The summed E-state index contributed by atoms with van der Waals surface area (Å²) >= 11 is 0. The third-order valence-electron chi connectivity index (χ3n) is 3.16. The number of fused-ring (bicyclic) bond motifs is 1. The molecule has 2 aromatic rings. The van der Waals surface area contributed by atoms with E-state index in [1.165, 1.54) is 16.3 Å². The minimum atomic E-state index is 0.312. The Labute approximate surface area is 109 Å². The molecule has 2 rings (SSSR count). The molecule has 0 bridgehead atoms. The molecule has 2 aromatic carbocycles. The number of benzene rings is 2. The summed E-state index contributed by atoms with van der Waals surface area (Å²) in [6.07, 6.45) is 2.23. The average molecular weight is 242 g/mol. The van der Waals surface area contributed by atoms with E-state index in [0.29, 0.717) is 6.04 Å². The molecule has 18 heavy (non-hydrogen) atoms. The molecule has 2 nitrogen and oxygen atoms in total. The molecule has 0 saturated heterocycles. The van der Waals surface area contributed by atoms with Gasteiger partial charge in [0.05, 0.1) is 0 Å². The highest BCUT2D eigenvalue weighted by Gasteiger charge is 1.97. The van der Waals surface area contributed by atoms with Crippen LogP contribution in [0.1, 0.15) is 25.3 Å². The van der Waals surface area contributed by atoms with E-state index in [0.717, 1.165) is 25.9 Å². The van der Waals surface area contributed by atoms with Gasteiger partial charge in [-0.3, -0.25) is 0 Å². The van der Waals surface area contributed by atoms with Crippen molar-refractivity contribution in [2.75, 3.05) is 6.54 Å². The summed E-state index contributed by atoms with van der Waals surface area (Å²) in [5.41, 5.74) is 7.06. The highest BCUT2D eigenvalue weighted by Crippen LogP contribution is 2.15. The fraction of sp³-hybridized carbons (Fsp3) is 0.375. The summed E-state index contributed by atoms with van der Waals surface area (Å²) in [5, 5.41) is 6.08. The first-order valence-electron chi connectivity index (χ1n) is 6.69. The van der Waals surface area contributed by atoms with E-state index in [-0.39, 0.29) is 0 Å². The Hall–Kier alpha value is -1.38. The quantitative estimate of drug-likeness (QED) is 0.764. The smallest absolute Gasteiger partial charge is 0.0205 e. The fourth-order valence-electron chi connectivity index (χ4n) is 2.13. The van der Waals surface area contributed by atoms with Crippen molar-refractivity contribution in [1.29, 1.82) is 0 Å². The van der Waals surface area contributed by atoms with Crippen molar-refractivity contribution in [3.8, 4) is 0 Å². The molecule has 96 valence electrons. The van der Waals surface area contributed by atoms with Crippen LogP contribution in [0.25, 0.3) is 10.8 Å². The van der Waals surface area contributed by atoms with Gasteiger partial charge in [-0.25, -0.2) is 0 Å². The summed E-state index contributed by atoms with van der Waals surface area (Å²) in [5.74, 6) is 0. The fourth-order valence-corrected chi connectivity index (χ4v) is 2.13. The lowest BCUT2D eigenvalue weighted by Gasteiger charge is -2.07. The Morgan fingerprint density at radius 1 is 1.11 bits per heavy atom. The summed E-state index contributed by atoms with van der Waals surface area (Å²) < 4.78 is 0. The van der Waals surface area contributed by atoms with Crippen LogP contribution in [0.2, 0.25) is 0 Å². The summed E-state index contributed by atoms with van der Waals surface area (Å²) in [6, 6.07) is 15.4. The zero-order chi connectivity index (χ0) is 12.8. The maximum Gasteiger partial charge on any atom is 0.0205 e. The zero-order valence-corrected chi connectivity index (χ0v) is 11.0. The lowest BCUT2D eigenvalue weighted by Crippen LogP contribution is -2.19. The molecule has 2 heteroatoms. The van der Waals surface area contributed by atoms with Gasteiger partial charge in [0.15, 0.2) is 0 Å². The maximum absolute atomic E-state index is 5.72. The SMILES string of the molecule is CC(N)CCCNCc1ccc2ccccc2c1. The Morgan fingerprint density at radius 3 is 2.67 bits per heavy atom. The molecule has 0 aliphatic carbocycles. The lowest BCUT2D eigenvalue weighted by molar-refractivity contribution is 0.575. The zero-order valence-electron chi connectivity index (χ0n) is 11.0. The number of nitrogens with two attached hydrogens (primary N) is 1. The van der Waals surface area contributed by atoms with Gasteiger partial charge in [-0.15, -0.1) is 0 Å². The largest absolute Gasteiger partial charge is 0.328 e. The number of rotatable bonds is 6. The van der Waals surface area contributed by atoms with Crippen molar-refractivity contribution in [2.24, 2.45) is 5.73 Å². The van der Waals surface area contributed by atoms with Crippen LogP contribution >= 0.6 is 0 Å². The summed E-state index contributed by atoms with van der Waals surface area (Å²) in [4.78, 5) is 0. The second kappa shape index (κ2) is 6.53. The topological polar surface area (TPSA) is 38.0 Å². The molecule has 0 aliphatic heterocycles. The Bertz CT molecular complexity index is 491. The van der Waals surface area contributed by atoms with E-state index in [4.69, 9.17) is 5.73 Å². The predicted molar refractivity (Wildman–Crippen MR) is 78.5 cm³/mol. The molecule has 0 fully saturated rings. The van der Waals surface area contributed by atoms with Crippen LogP contribution in [0.5, 0.6) is 0 Å². The molecular weight excluding hydrogens is 220 g/mol. The number of nitrogens with one attached hydrogen (secondary N) is 1. The summed E-state index contributed by atoms with van der Waals surface area (Å²) in [7, 11) is 0. The summed E-state index contributed by atoms with van der Waals surface area (Å²) in [6.45, 7) is 4.03. The van der Waals surface area contributed by atoms with Gasteiger partial charge in [-0.1, -0.05) is 36.4 Å². The first-order chi connectivity index (χ1) is 8.75. The van der Waals surface area contributed by atoms with Gasteiger partial charge < -0.3 is 11.1 Å². The molecule has 1 atom stereocenters. The van der Waals surface area contributed by atoms with E-state index in [9.17, 15) is 0 Å². The van der Waals surface area contributed by atoms with Crippen LogP contribution < -0.4 is 11.1 Å². The molecule has 1 unspecified atom stereocenters. The first-order valence-corrected chi connectivity index (χ1v) is 6.69. The van der Waals surface area contributed by atoms with Gasteiger partial charge in [0.1, 0.15) is 0 Å². The molecule has 0 amide bonds. The third-order valence-corrected chi connectivity index (χ3v) is 3.16. The van der Waals surface area contributed by atoms with Gasteiger partial charge >= 0.3 is 0 Å². The van der Waals surface area contributed by atoms with E-state index < -0.39 is 0 Å². The lowest BCUT2D eigenvalue weighted by atomic mass is 10.1. The Morgan fingerprint density at radius 2 is 1.89 bits per heavy atom. The third kappa shape index (κ3) is 3.83. The molecule has 0 aliphatic rings. The van der Waals surface area contributed by atoms with Crippen LogP contribution in [0, 0.1) is 0 Å². The molecule has 3 N–H and O–H groups in total. The van der Waals surface area contributed by atoms with E-state index in [1.54, 1.807) is 0 Å². The number of hydrogen-bond acceptors (Lipinski definition) is 2. The van der Waals surface area contributed by atoms with Crippen LogP contribution in [-0.2, 0) is 6.54 Å². The monoisotopic (exact) mass is 242 g/mol. The maximum atomic E-state index is 5.72. The minimum absolute atomic E-state index is 0.312. The molecule has 0 saturated carbocycles. The predicted octanol–water partition coefficient (Wildman–Crippen LogP) is 3.06. The van der Waals surface area contributed by atoms with Crippen LogP contribution in [0.4, 0.5) is 0 Å². The van der Waals surface area contributed by atoms with Gasteiger partial charge in [0.25, 0.3) is 0 Å². The highest BCUT2D eigenvalue weighted by molar-refractivity contribution is 5.82. The van der Waals surface area contributed by atoms with Crippen molar-refractivity contribution in [1.82, 2.24) is 5.32 Å². The molecule has 0 heterocycles. The van der Waals surface area contributed by atoms with Crippen molar-refractivity contribution in [2.45, 2.75) is 32.4 Å². The number of hydrogen-bond donors (Lipinski definition) is 2. The van der Waals surface area contributed by atoms with Crippen LogP contribution in [0.3, 0.4) is 0 Å². The first kappa shape index (κ1) is 13.1. The standard InChI is InChI=1S/C16H22N2/c1-13(17)5-4-10-18-12-14-8-9-15-6-2-3-7-16(15)11-14/h2-3,6-9,11,13,18H,4-5,10,12,17H2,1H3. The molecule has 0 radical (unpaired) electrons. The van der Waals surface area contributed by atoms with Gasteiger partial charge in [-0.05, 0) is 48.7 Å². The minimum Gasteiger partial charge on any atom is -0.328 e. The molecular formula is C16H22N2. The van der Waals surface area contributed by atoms with Gasteiger partial charge in [-0.2, -0.15) is 0 Å². The van der Waals surface area contributed by atoms with Crippen LogP contribution in [-0.4, -0.2) is 12.6 Å². The average Bonchev–Trinajstić information content (AvgIpc) is 2.38. The van der Waals surface area contributed by atoms with Crippen molar-refractivity contribution in [3.05, 3.63) is 48.0 Å². The van der Waals surface area contributed by atoms with Crippen LogP contribution in [0.15, 0.2) is 42.5 Å². The van der Waals surface area contributed by atoms with Crippen molar-refractivity contribution in [3.63, 3.8) is 0 Å². The van der Waals surface area contributed by atoms with Crippen molar-refractivity contribution >= 4 is 10.8 Å².